The van der Waals surface area contributed by atoms with Crippen LogP contribution in [-0.4, -0.2) is 11.8 Å². The zero-order chi connectivity index (χ0) is 19.9. The molecule has 3 rings (SSSR count). The van der Waals surface area contributed by atoms with Crippen molar-refractivity contribution < 1.29 is 9.59 Å². The first kappa shape index (κ1) is 19.2. The van der Waals surface area contributed by atoms with Gasteiger partial charge in [-0.15, -0.1) is 0 Å². The lowest BCUT2D eigenvalue weighted by atomic mass is 10.1. The Hall–Kier alpha value is -3.60. The average Bonchev–Trinajstić information content (AvgIpc) is 2.66. The van der Waals surface area contributed by atoms with Crippen LogP contribution in [0.2, 0.25) is 0 Å². The number of rotatable bonds is 6. The molecular weight excluding hydrogens is 350 g/mol. The Kier molecular flexibility index (Phi) is 6.07. The lowest BCUT2D eigenvalue weighted by molar-refractivity contribution is -0.116. The molecule has 0 radical (unpaired) electrons. The van der Waals surface area contributed by atoms with Crippen LogP contribution in [0.4, 0.5) is 22.7 Å². The summed E-state index contributed by atoms with van der Waals surface area (Å²) in [4.78, 5) is 23.3. The molecule has 0 spiro atoms. The van der Waals surface area contributed by atoms with E-state index in [2.05, 4.69) is 16.0 Å². The van der Waals surface area contributed by atoms with Gasteiger partial charge < -0.3 is 16.0 Å². The van der Waals surface area contributed by atoms with Crippen LogP contribution >= 0.6 is 0 Å². The van der Waals surface area contributed by atoms with Gasteiger partial charge in [-0.3, -0.25) is 9.59 Å². The number of carbonyl (C=O) groups excluding carboxylic acids is 2. The second-order valence-corrected chi connectivity index (χ2v) is 6.61. The van der Waals surface area contributed by atoms with Crippen molar-refractivity contribution in [3.8, 4) is 0 Å². The molecule has 0 saturated heterocycles. The molecule has 0 fully saturated rings. The van der Waals surface area contributed by atoms with Gasteiger partial charge in [0.1, 0.15) is 0 Å². The van der Waals surface area contributed by atoms with Gasteiger partial charge in [0, 0.05) is 29.7 Å². The van der Waals surface area contributed by atoms with E-state index in [1.807, 2.05) is 79.7 Å². The molecule has 0 saturated carbocycles. The molecule has 3 aromatic carbocycles. The van der Waals surface area contributed by atoms with Crippen LogP contribution in [0.5, 0.6) is 0 Å². The molecule has 3 aromatic rings. The molecule has 0 bridgehead atoms. The van der Waals surface area contributed by atoms with Gasteiger partial charge in [0.2, 0.25) is 11.8 Å². The second-order valence-electron chi connectivity index (χ2n) is 6.61. The van der Waals surface area contributed by atoms with Crippen molar-refractivity contribution in [3.63, 3.8) is 0 Å². The molecule has 3 N–H and O–H groups in total. The van der Waals surface area contributed by atoms with Crippen molar-refractivity contribution in [2.45, 2.75) is 20.3 Å². The first-order chi connectivity index (χ1) is 13.5. The van der Waals surface area contributed by atoms with Crippen LogP contribution in [-0.2, 0) is 16.0 Å². The Balaban J connectivity index is 1.56. The molecular formula is C23H23N3O2. The molecule has 5 nitrogen and oxygen atoms in total. The number of hydrogen-bond donors (Lipinski definition) is 3. The molecule has 0 aliphatic rings. The summed E-state index contributed by atoms with van der Waals surface area (Å²) in [5.41, 5.74) is 5.47. The minimum Gasteiger partial charge on any atom is -0.356 e. The molecule has 0 aromatic heterocycles. The van der Waals surface area contributed by atoms with Crippen LogP contribution in [0, 0.1) is 6.92 Å². The second kappa shape index (κ2) is 8.86. The Labute approximate surface area is 164 Å². The normalized spacial score (nSPS) is 10.2. The van der Waals surface area contributed by atoms with Crippen LogP contribution in [0.3, 0.4) is 0 Å². The van der Waals surface area contributed by atoms with E-state index in [-0.39, 0.29) is 11.8 Å². The van der Waals surface area contributed by atoms with Crippen molar-refractivity contribution in [2.75, 3.05) is 16.0 Å². The largest absolute Gasteiger partial charge is 0.356 e. The van der Waals surface area contributed by atoms with Crippen LogP contribution in [0.1, 0.15) is 18.1 Å². The van der Waals surface area contributed by atoms with Crippen molar-refractivity contribution >= 4 is 34.6 Å². The maximum absolute atomic E-state index is 12.3. The zero-order valence-electron chi connectivity index (χ0n) is 16.0. The molecule has 5 heteroatoms. The number of amides is 2. The Bertz CT molecular complexity index is 964. The molecule has 0 heterocycles. The van der Waals surface area contributed by atoms with E-state index in [1.165, 1.54) is 6.92 Å². The SMILES string of the molecule is CC(=O)Nc1ccc(Nc2ccc(NC(=O)Cc3ccccc3C)cc2)cc1. The topological polar surface area (TPSA) is 70.2 Å². The van der Waals surface area contributed by atoms with E-state index in [9.17, 15) is 9.59 Å². The van der Waals surface area contributed by atoms with E-state index in [0.29, 0.717) is 6.42 Å². The van der Waals surface area contributed by atoms with Gasteiger partial charge in [0.15, 0.2) is 0 Å². The summed E-state index contributed by atoms with van der Waals surface area (Å²) < 4.78 is 0. The smallest absolute Gasteiger partial charge is 0.228 e. The maximum atomic E-state index is 12.3. The maximum Gasteiger partial charge on any atom is 0.228 e. The molecule has 142 valence electrons. The monoisotopic (exact) mass is 373 g/mol. The summed E-state index contributed by atoms with van der Waals surface area (Å²) in [6.45, 7) is 3.49. The highest BCUT2D eigenvalue weighted by Gasteiger charge is 2.06. The highest BCUT2D eigenvalue weighted by molar-refractivity contribution is 5.92. The zero-order valence-corrected chi connectivity index (χ0v) is 16.0. The predicted octanol–water partition coefficient (Wildman–Crippen LogP) is 4.88. The Morgan fingerprint density at radius 2 is 1.21 bits per heavy atom. The molecule has 0 aliphatic carbocycles. The summed E-state index contributed by atoms with van der Waals surface area (Å²) >= 11 is 0. The summed E-state index contributed by atoms with van der Waals surface area (Å²) in [6.07, 6.45) is 0.354. The fourth-order valence-corrected chi connectivity index (χ4v) is 2.83. The molecule has 0 unspecified atom stereocenters. The van der Waals surface area contributed by atoms with Crippen molar-refractivity contribution in [1.82, 2.24) is 0 Å². The molecule has 2 amide bonds. The predicted molar refractivity (Wildman–Crippen MR) is 114 cm³/mol. The first-order valence-electron chi connectivity index (χ1n) is 9.09. The first-order valence-corrected chi connectivity index (χ1v) is 9.09. The van der Waals surface area contributed by atoms with Gasteiger partial charge in [-0.2, -0.15) is 0 Å². The van der Waals surface area contributed by atoms with Gasteiger partial charge in [-0.25, -0.2) is 0 Å². The number of benzene rings is 3. The van der Waals surface area contributed by atoms with Crippen molar-refractivity contribution in [2.24, 2.45) is 0 Å². The highest BCUT2D eigenvalue weighted by atomic mass is 16.2. The summed E-state index contributed by atoms with van der Waals surface area (Å²) in [6, 6.07) is 22.9. The minimum atomic E-state index is -0.0965. The van der Waals surface area contributed by atoms with Gasteiger partial charge in [0.05, 0.1) is 6.42 Å². The van der Waals surface area contributed by atoms with E-state index < -0.39 is 0 Å². The number of hydrogen-bond acceptors (Lipinski definition) is 3. The molecule has 0 aliphatic heterocycles. The van der Waals surface area contributed by atoms with E-state index in [4.69, 9.17) is 0 Å². The van der Waals surface area contributed by atoms with Crippen molar-refractivity contribution in [3.05, 3.63) is 83.9 Å². The van der Waals surface area contributed by atoms with E-state index >= 15 is 0 Å². The summed E-state index contributed by atoms with van der Waals surface area (Å²) in [5, 5.41) is 8.95. The molecule has 28 heavy (non-hydrogen) atoms. The van der Waals surface area contributed by atoms with Gasteiger partial charge in [-0.1, -0.05) is 24.3 Å². The van der Waals surface area contributed by atoms with Crippen LogP contribution < -0.4 is 16.0 Å². The van der Waals surface area contributed by atoms with Gasteiger partial charge in [0.25, 0.3) is 0 Å². The van der Waals surface area contributed by atoms with Crippen LogP contribution in [0.25, 0.3) is 0 Å². The average molecular weight is 373 g/mol. The lowest BCUT2D eigenvalue weighted by Gasteiger charge is -2.10. The standard InChI is InChI=1S/C23H23N3O2/c1-16-5-3-4-6-18(16)15-23(28)26-22-13-11-21(12-14-22)25-20-9-7-19(8-10-20)24-17(2)27/h3-14,25H,15H2,1-2H3,(H,24,27)(H,26,28). The number of nitrogens with one attached hydrogen (secondary N) is 3. The van der Waals surface area contributed by atoms with E-state index in [0.717, 1.165) is 33.9 Å². The Morgan fingerprint density at radius 3 is 1.75 bits per heavy atom. The third kappa shape index (κ3) is 5.45. The fraction of sp³-hybridized carbons (Fsp3) is 0.130. The summed E-state index contributed by atoms with van der Waals surface area (Å²) in [5.74, 6) is -0.135. The number of aryl methyl sites for hydroxylation is 1. The lowest BCUT2D eigenvalue weighted by Crippen LogP contribution is -2.14. The third-order valence-corrected chi connectivity index (χ3v) is 4.27. The van der Waals surface area contributed by atoms with Gasteiger partial charge in [-0.05, 0) is 66.6 Å². The summed E-state index contributed by atoms with van der Waals surface area (Å²) in [7, 11) is 0. The quantitative estimate of drug-likeness (QED) is 0.577. The van der Waals surface area contributed by atoms with Crippen LogP contribution in [0.15, 0.2) is 72.8 Å². The minimum absolute atomic E-state index is 0.0384. The highest BCUT2D eigenvalue weighted by Crippen LogP contribution is 2.21. The third-order valence-electron chi connectivity index (χ3n) is 4.27. The van der Waals surface area contributed by atoms with E-state index in [1.54, 1.807) is 0 Å². The Morgan fingerprint density at radius 1 is 0.714 bits per heavy atom. The molecule has 0 atom stereocenters. The number of carbonyl (C=O) groups is 2. The fourth-order valence-electron chi connectivity index (χ4n) is 2.83. The number of anilines is 4. The van der Waals surface area contributed by atoms with Crippen molar-refractivity contribution in [1.29, 1.82) is 0 Å². The van der Waals surface area contributed by atoms with Gasteiger partial charge >= 0.3 is 0 Å².